The van der Waals surface area contributed by atoms with Crippen molar-refractivity contribution in [2.75, 3.05) is 35.0 Å². The molecule has 8 heteroatoms. The first-order chi connectivity index (χ1) is 16.2. The van der Waals surface area contributed by atoms with Crippen LogP contribution in [0.15, 0.2) is 24.3 Å². The summed E-state index contributed by atoms with van der Waals surface area (Å²) in [5.41, 5.74) is 3.83. The van der Waals surface area contributed by atoms with Crippen molar-refractivity contribution in [3.05, 3.63) is 57.6 Å². The molecule has 0 spiro atoms. The van der Waals surface area contributed by atoms with Crippen LogP contribution in [0.2, 0.25) is 0 Å². The van der Waals surface area contributed by atoms with Gasteiger partial charge in [0.05, 0.1) is 26.4 Å². The normalized spacial score (nSPS) is 11.6. The summed E-state index contributed by atoms with van der Waals surface area (Å²) < 4.78 is 21.3. The first-order valence-electron chi connectivity index (χ1n) is 11.1. The van der Waals surface area contributed by atoms with Crippen molar-refractivity contribution in [2.24, 2.45) is 0 Å². The van der Waals surface area contributed by atoms with Gasteiger partial charge in [-0.05, 0) is 41.8 Å². The highest BCUT2D eigenvalue weighted by Gasteiger charge is 2.32. The lowest BCUT2D eigenvalue weighted by atomic mass is 9.72. The number of methoxy groups -OCH3 is 4. The topological polar surface area (TPSA) is 106 Å². The van der Waals surface area contributed by atoms with Crippen molar-refractivity contribution in [3.8, 4) is 11.5 Å². The van der Waals surface area contributed by atoms with Gasteiger partial charge in [0, 0.05) is 69.6 Å². The van der Waals surface area contributed by atoms with Crippen LogP contribution in [0.1, 0.15) is 53.6 Å². The zero-order chi connectivity index (χ0) is 25.3. The maximum Gasteiger partial charge on any atom is 0.216 e. The van der Waals surface area contributed by atoms with Gasteiger partial charge in [-0.2, -0.15) is 0 Å². The molecule has 3 N–H and O–H groups in total. The largest absolute Gasteiger partial charge is 0.507 e. The second-order valence-electron chi connectivity index (χ2n) is 8.58. The molecule has 34 heavy (non-hydrogen) atoms. The first kappa shape index (κ1) is 27.6. The van der Waals surface area contributed by atoms with Gasteiger partial charge in [-0.3, -0.25) is 4.79 Å². The Morgan fingerprint density at radius 2 is 1.09 bits per heavy atom. The SMILES string of the molecule is COCc1cc(C(C)(CCNC(C)=O)c2cc(COC)c(O)c(COC)c2)cc(COC)c1O. The van der Waals surface area contributed by atoms with E-state index >= 15 is 0 Å². The molecule has 2 aromatic carbocycles. The average Bonchev–Trinajstić information content (AvgIpc) is 2.79. The highest BCUT2D eigenvalue weighted by atomic mass is 16.5. The monoisotopic (exact) mass is 475 g/mol. The molecule has 188 valence electrons. The lowest BCUT2D eigenvalue weighted by molar-refractivity contribution is -0.119. The molecule has 0 fully saturated rings. The number of phenolic OH excluding ortho intramolecular Hbond substituents is 2. The highest BCUT2D eigenvalue weighted by Crippen LogP contribution is 2.41. The summed E-state index contributed by atoms with van der Waals surface area (Å²) in [4.78, 5) is 11.6. The first-order valence-corrected chi connectivity index (χ1v) is 11.1. The number of rotatable bonds is 13. The average molecular weight is 476 g/mol. The molecule has 0 radical (unpaired) electrons. The van der Waals surface area contributed by atoms with Crippen molar-refractivity contribution in [3.63, 3.8) is 0 Å². The molecule has 0 bridgehead atoms. The maximum atomic E-state index is 11.6. The number of amides is 1. The molecule has 8 nitrogen and oxygen atoms in total. The second-order valence-corrected chi connectivity index (χ2v) is 8.58. The quantitative estimate of drug-likeness (QED) is 0.407. The number of hydrogen-bond acceptors (Lipinski definition) is 7. The van der Waals surface area contributed by atoms with E-state index in [4.69, 9.17) is 18.9 Å². The Labute approximate surface area is 201 Å². The Bertz CT molecular complexity index is 854. The Balaban J connectivity index is 2.76. The minimum atomic E-state index is -0.597. The van der Waals surface area contributed by atoms with Crippen LogP contribution in [0.25, 0.3) is 0 Å². The van der Waals surface area contributed by atoms with Gasteiger partial charge in [-0.15, -0.1) is 0 Å². The number of ether oxygens (including phenoxy) is 4. The molecule has 0 aromatic heterocycles. The standard InChI is InChI=1S/C26H37NO7/c1-17(28)27-8-7-26(2,22-9-18(13-31-3)24(29)19(10-22)14-32-4)23-11-20(15-33-5)25(30)21(12-23)16-34-6/h9-12,29-30H,7-8,13-16H2,1-6H3,(H,27,28). The van der Waals surface area contributed by atoms with Gasteiger partial charge in [-0.1, -0.05) is 6.92 Å². The molecule has 0 unspecified atom stereocenters. The molecule has 0 aliphatic heterocycles. The van der Waals surface area contributed by atoms with Crippen molar-refractivity contribution < 1.29 is 34.0 Å². The molecule has 2 rings (SSSR count). The summed E-state index contributed by atoms with van der Waals surface area (Å²) in [6, 6.07) is 7.68. The van der Waals surface area contributed by atoms with Gasteiger partial charge >= 0.3 is 0 Å². The highest BCUT2D eigenvalue weighted by molar-refractivity contribution is 5.72. The summed E-state index contributed by atoms with van der Waals surface area (Å²) in [6.07, 6.45) is 0.569. The van der Waals surface area contributed by atoms with Gasteiger partial charge in [0.25, 0.3) is 0 Å². The summed E-state index contributed by atoms with van der Waals surface area (Å²) in [6.45, 7) is 4.93. The number of phenols is 2. The maximum absolute atomic E-state index is 11.6. The zero-order valence-electron chi connectivity index (χ0n) is 21.0. The van der Waals surface area contributed by atoms with E-state index < -0.39 is 5.41 Å². The van der Waals surface area contributed by atoms with E-state index in [0.717, 1.165) is 11.1 Å². The number of aromatic hydroxyl groups is 2. The van der Waals surface area contributed by atoms with E-state index in [9.17, 15) is 15.0 Å². The van der Waals surface area contributed by atoms with Gasteiger partial charge in [-0.25, -0.2) is 0 Å². The number of carbonyl (C=O) groups excluding carboxylic acids is 1. The Hall–Kier alpha value is -2.65. The Kier molecular flexibility index (Phi) is 10.3. The van der Waals surface area contributed by atoms with Crippen molar-refractivity contribution in [1.29, 1.82) is 0 Å². The van der Waals surface area contributed by atoms with Crippen LogP contribution < -0.4 is 5.32 Å². The van der Waals surface area contributed by atoms with E-state index in [-0.39, 0.29) is 43.8 Å². The van der Waals surface area contributed by atoms with Crippen molar-refractivity contribution >= 4 is 5.91 Å². The Morgan fingerprint density at radius 1 is 0.765 bits per heavy atom. The summed E-state index contributed by atoms with van der Waals surface area (Å²) in [5, 5.41) is 24.4. The summed E-state index contributed by atoms with van der Waals surface area (Å²) >= 11 is 0. The summed E-state index contributed by atoms with van der Waals surface area (Å²) in [7, 11) is 6.30. The lowest BCUT2D eigenvalue weighted by Gasteiger charge is -2.33. The van der Waals surface area contributed by atoms with Gasteiger partial charge in [0.1, 0.15) is 11.5 Å². The third-order valence-corrected chi connectivity index (χ3v) is 6.01. The molecule has 0 aliphatic carbocycles. The van der Waals surface area contributed by atoms with E-state index in [1.165, 1.54) is 6.92 Å². The van der Waals surface area contributed by atoms with Crippen LogP contribution in [0, 0.1) is 0 Å². The van der Waals surface area contributed by atoms with Gasteiger partial charge in [0.15, 0.2) is 0 Å². The molecular weight excluding hydrogens is 438 g/mol. The van der Waals surface area contributed by atoms with E-state index in [1.807, 2.05) is 24.3 Å². The van der Waals surface area contributed by atoms with E-state index in [2.05, 4.69) is 12.2 Å². The number of carbonyl (C=O) groups is 1. The lowest BCUT2D eigenvalue weighted by Crippen LogP contribution is -2.32. The molecule has 1 amide bonds. The Morgan fingerprint density at radius 3 is 1.35 bits per heavy atom. The van der Waals surface area contributed by atoms with Crippen LogP contribution in [-0.2, 0) is 55.6 Å². The number of benzene rings is 2. The van der Waals surface area contributed by atoms with Gasteiger partial charge < -0.3 is 34.5 Å². The van der Waals surface area contributed by atoms with Gasteiger partial charge in [0.2, 0.25) is 5.91 Å². The van der Waals surface area contributed by atoms with Crippen LogP contribution >= 0.6 is 0 Å². The number of hydrogen-bond donors (Lipinski definition) is 3. The fraction of sp³-hybridized carbons (Fsp3) is 0.500. The third kappa shape index (κ3) is 6.48. The fourth-order valence-electron chi connectivity index (χ4n) is 4.16. The predicted molar refractivity (Wildman–Crippen MR) is 129 cm³/mol. The molecule has 0 atom stereocenters. The fourth-order valence-corrected chi connectivity index (χ4v) is 4.16. The smallest absolute Gasteiger partial charge is 0.216 e. The molecule has 0 saturated carbocycles. The van der Waals surface area contributed by atoms with Crippen molar-refractivity contribution in [2.45, 2.75) is 52.1 Å². The molecular formula is C26H37NO7. The second kappa shape index (κ2) is 12.7. The van der Waals surface area contributed by atoms with E-state index in [0.29, 0.717) is 35.2 Å². The molecule has 2 aromatic rings. The third-order valence-electron chi connectivity index (χ3n) is 6.01. The summed E-state index contributed by atoms with van der Waals surface area (Å²) in [5.74, 6) is 0.170. The minimum Gasteiger partial charge on any atom is -0.507 e. The molecule has 0 saturated heterocycles. The number of nitrogens with one attached hydrogen (secondary N) is 1. The predicted octanol–water partition coefficient (Wildman–Crippen LogP) is 3.52. The zero-order valence-corrected chi connectivity index (χ0v) is 21.0. The van der Waals surface area contributed by atoms with Crippen molar-refractivity contribution in [1.82, 2.24) is 5.32 Å². The van der Waals surface area contributed by atoms with Crippen LogP contribution in [0.5, 0.6) is 11.5 Å². The van der Waals surface area contributed by atoms with Crippen LogP contribution in [0.3, 0.4) is 0 Å². The molecule has 0 heterocycles. The molecule has 0 aliphatic rings. The van der Waals surface area contributed by atoms with Crippen LogP contribution in [-0.4, -0.2) is 51.1 Å². The minimum absolute atomic E-state index is 0.112. The van der Waals surface area contributed by atoms with Crippen LogP contribution in [0.4, 0.5) is 0 Å². The van der Waals surface area contributed by atoms with E-state index in [1.54, 1.807) is 28.4 Å².